The molecule has 188 valence electrons. The summed E-state index contributed by atoms with van der Waals surface area (Å²) in [6.07, 6.45) is 5.18. The molecule has 1 aliphatic rings. The van der Waals surface area contributed by atoms with Crippen LogP contribution in [0.2, 0.25) is 0 Å². The smallest absolute Gasteiger partial charge is 0.337 e. The summed E-state index contributed by atoms with van der Waals surface area (Å²) in [4.78, 5) is 11.8. The molecule has 4 rings (SSSR count). The fraction of sp³-hybridized carbons (Fsp3) is 0.481. The number of aromatic nitrogens is 2. The first-order chi connectivity index (χ1) is 16.8. The van der Waals surface area contributed by atoms with Crippen molar-refractivity contribution in [3.63, 3.8) is 0 Å². The Hall–Kier alpha value is -3.10. The molecule has 1 aliphatic carbocycles. The minimum absolute atomic E-state index is 0.0649. The standard InChI is InChI=1S/C27H34N2O6/c1-5-17-10-19-14-29(28-25(19)21(11-17)27(31)32)15-24(35-20-8-6-7-9-20)26(30)18-12-22(33-3)16(2)23(13-18)34-4/h10-14,20,24,26,30H,5-9,15H2,1-4H3,(H,31,32)/t24-,26+/m0/s1. The summed E-state index contributed by atoms with van der Waals surface area (Å²) in [5.41, 5.74) is 3.03. The first-order valence-electron chi connectivity index (χ1n) is 12.1. The van der Waals surface area contributed by atoms with Gasteiger partial charge in [-0.25, -0.2) is 4.79 Å². The third-order valence-electron chi connectivity index (χ3n) is 6.86. The van der Waals surface area contributed by atoms with E-state index >= 15 is 0 Å². The Bertz CT molecular complexity index is 1170. The predicted molar refractivity (Wildman–Crippen MR) is 132 cm³/mol. The van der Waals surface area contributed by atoms with E-state index in [1.807, 2.05) is 38.2 Å². The third kappa shape index (κ3) is 5.28. The summed E-state index contributed by atoms with van der Waals surface area (Å²) in [5, 5.41) is 26.5. The summed E-state index contributed by atoms with van der Waals surface area (Å²) in [7, 11) is 3.18. The molecule has 1 heterocycles. The van der Waals surface area contributed by atoms with Crippen molar-refractivity contribution in [2.75, 3.05) is 14.2 Å². The average molecular weight is 483 g/mol. The molecule has 3 aromatic rings. The van der Waals surface area contributed by atoms with Crippen LogP contribution >= 0.6 is 0 Å². The molecule has 8 nitrogen and oxygen atoms in total. The molecule has 0 aliphatic heterocycles. The van der Waals surface area contributed by atoms with E-state index in [1.165, 1.54) is 0 Å². The van der Waals surface area contributed by atoms with Crippen LogP contribution in [-0.2, 0) is 17.7 Å². The average Bonchev–Trinajstić information content (AvgIpc) is 3.51. The highest BCUT2D eigenvalue weighted by Gasteiger charge is 2.29. The van der Waals surface area contributed by atoms with E-state index in [0.717, 1.165) is 48.6 Å². The van der Waals surface area contributed by atoms with E-state index in [2.05, 4.69) is 5.10 Å². The fourth-order valence-corrected chi connectivity index (χ4v) is 4.87. The highest BCUT2D eigenvalue weighted by molar-refractivity contribution is 6.02. The Kier molecular flexibility index (Phi) is 7.62. The molecule has 0 unspecified atom stereocenters. The van der Waals surface area contributed by atoms with Gasteiger partial charge < -0.3 is 24.4 Å². The molecule has 1 saturated carbocycles. The van der Waals surface area contributed by atoms with Gasteiger partial charge in [0.15, 0.2) is 0 Å². The summed E-state index contributed by atoms with van der Waals surface area (Å²) in [6.45, 7) is 4.16. The quantitative estimate of drug-likeness (QED) is 0.432. The summed E-state index contributed by atoms with van der Waals surface area (Å²) >= 11 is 0. The number of aliphatic hydroxyl groups excluding tert-OH is 1. The van der Waals surface area contributed by atoms with Crippen LogP contribution in [-0.4, -0.2) is 52.4 Å². The molecule has 0 bridgehead atoms. The number of hydrogen-bond donors (Lipinski definition) is 2. The van der Waals surface area contributed by atoms with Crippen LogP contribution in [0, 0.1) is 6.92 Å². The highest BCUT2D eigenvalue weighted by atomic mass is 16.5. The maximum absolute atomic E-state index is 11.8. The van der Waals surface area contributed by atoms with Gasteiger partial charge in [0, 0.05) is 17.1 Å². The Morgan fingerprint density at radius 2 is 1.80 bits per heavy atom. The van der Waals surface area contributed by atoms with E-state index in [4.69, 9.17) is 14.2 Å². The number of aliphatic hydroxyl groups is 1. The highest BCUT2D eigenvalue weighted by Crippen LogP contribution is 2.35. The zero-order chi connectivity index (χ0) is 25.1. The van der Waals surface area contributed by atoms with Gasteiger partial charge in [-0.2, -0.15) is 5.10 Å². The largest absolute Gasteiger partial charge is 0.496 e. The maximum Gasteiger partial charge on any atom is 0.337 e. The molecule has 0 saturated heterocycles. The normalized spacial score (nSPS) is 15.9. The van der Waals surface area contributed by atoms with Gasteiger partial charge in [0.25, 0.3) is 0 Å². The van der Waals surface area contributed by atoms with Gasteiger partial charge in [-0.3, -0.25) is 4.68 Å². The fourth-order valence-electron chi connectivity index (χ4n) is 4.87. The van der Waals surface area contributed by atoms with Gasteiger partial charge in [-0.1, -0.05) is 19.8 Å². The van der Waals surface area contributed by atoms with E-state index in [0.29, 0.717) is 22.6 Å². The monoisotopic (exact) mass is 482 g/mol. The van der Waals surface area contributed by atoms with Crippen molar-refractivity contribution >= 4 is 16.9 Å². The molecule has 0 amide bonds. The van der Waals surface area contributed by atoms with Gasteiger partial charge >= 0.3 is 5.97 Å². The van der Waals surface area contributed by atoms with Crippen LogP contribution < -0.4 is 9.47 Å². The van der Waals surface area contributed by atoms with Crippen molar-refractivity contribution in [2.24, 2.45) is 0 Å². The van der Waals surface area contributed by atoms with Crippen LogP contribution in [0.5, 0.6) is 11.5 Å². The Labute approximate surface area is 205 Å². The molecule has 2 N–H and O–H groups in total. The van der Waals surface area contributed by atoms with Crippen LogP contribution in [0.3, 0.4) is 0 Å². The SMILES string of the molecule is CCc1cc(C(=O)O)c2nn(C[C@H](OC3CCCC3)[C@H](O)c3cc(OC)c(C)c(OC)c3)cc2c1. The van der Waals surface area contributed by atoms with Crippen molar-refractivity contribution in [2.45, 2.75) is 70.8 Å². The molecule has 2 aromatic carbocycles. The van der Waals surface area contributed by atoms with Crippen LogP contribution in [0.1, 0.15) is 65.8 Å². The number of carboxylic acids is 1. The molecule has 2 atom stereocenters. The first-order valence-corrected chi connectivity index (χ1v) is 12.1. The summed E-state index contributed by atoms with van der Waals surface area (Å²) < 4.78 is 19.1. The Morgan fingerprint density at radius 3 is 2.37 bits per heavy atom. The number of benzene rings is 2. The van der Waals surface area contributed by atoms with Gasteiger partial charge in [0.2, 0.25) is 0 Å². The van der Waals surface area contributed by atoms with Crippen molar-refractivity contribution in [1.82, 2.24) is 9.78 Å². The molecule has 0 spiro atoms. The lowest BCUT2D eigenvalue weighted by atomic mass is 10.0. The van der Waals surface area contributed by atoms with Gasteiger partial charge in [-0.05, 0) is 61.6 Å². The van der Waals surface area contributed by atoms with Crippen LogP contribution in [0.25, 0.3) is 10.9 Å². The lowest BCUT2D eigenvalue weighted by Gasteiger charge is -2.27. The Morgan fingerprint density at radius 1 is 1.14 bits per heavy atom. The van der Waals surface area contributed by atoms with Crippen molar-refractivity contribution < 1.29 is 29.2 Å². The number of carboxylic acid groups (broad SMARTS) is 1. The van der Waals surface area contributed by atoms with Gasteiger partial charge in [-0.15, -0.1) is 0 Å². The van der Waals surface area contributed by atoms with E-state index in [1.54, 1.807) is 25.0 Å². The summed E-state index contributed by atoms with van der Waals surface area (Å²) in [6, 6.07) is 7.25. The number of aromatic carboxylic acids is 1. The third-order valence-corrected chi connectivity index (χ3v) is 6.86. The molecular weight excluding hydrogens is 448 g/mol. The lowest BCUT2D eigenvalue weighted by Crippen LogP contribution is -2.31. The van der Waals surface area contributed by atoms with Crippen molar-refractivity contribution in [1.29, 1.82) is 0 Å². The molecule has 1 fully saturated rings. The molecule has 1 aromatic heterocycles. The number of nitrogens with zero attached hydrogens (tertiary/aromatic N) is 2. The Balaban J connectivity index is 1.70. The second-order valence-electron chi connectivity index (χ2n) is 9.17. The molecule has 0 radical (unpaired) electrons. The summed E-state index contributed by atoms with van der Waals surface area (Å²) in [5.74, 6) is 0.246. The van der Waals surface area contributed by atoms with Crippen LogP contribution in [0.4, 0.5) is 0 Å². The van der Waals surface area contributed by atoms with Crippen molar-refractivity contribution in [3.05, 3.63) is 52.7 Å². The second-order valence-corrected chi connectivity index (χ2v) is 9.17. The van der Waals surface area contributed by atoms with Crippen molar-refractivity contribution in [3.8, 4) is 11.5 Å². The first kappa shape index (κ1) is 25.0. The molecular formula is C27H34N2O6. The zero-order valence-electron chi connectivity index (χ0n) is 20.8. The minimum Gasteiger partial charge on any atom is -0.496 e. The second kappa shape index (κ2) is 10.7. The number of ether oxygens (including phenoxy) is 3. The van der Waals surface area contributed by atoms with Gasteiger partial charge in [0.05, 0.1) is 32.4 Å². The molecule has 8 heteroatoms. The number of fused-ring (bicyclic) bond motifs is 1. The topological polar surface area (TPSA) is 103 Å². The van der Waals surface area contributed by atoms with E-state index in [-0.39, 0.29) is 18.2 Å². The number of hydrogen-bond acceptors (Lipinski definition) is 6. The minimum atomic E-state index is -1.01. The zero-order valence-corrected chi connectivity index (χ0v) is 20.8. The maximum atomic E-state index is 11.8. The number of methoxy groups -OCH3 is 2. The van der Waals surface area contributed by atoms with Gasteiger partial charge in [0.1, 0.15) is 29.2 Å². The number of rotatable bonds is 10. The van der Waals surface area contributed by atoms with Crippen LogP contribution in [0.15, 0.2) is 30.5 Å². The number of carbonyl (C=O) groups is 1. The predicted octanol–water partition coefficient (Wildman–Crippen LogP) is 4.68. The number of aryl methyl sites for hydroxylation is 1. The van der Waals surface area contributed by atoms with E-state index in [9.17, 15) is 15.0 Å². The lowest BCUT2D eigenvalue weighted by molar-refractivity contribution is -0.0845. The molecule has 35 heavy (non-hydrogen) atoms. The van der Waals surface area contributed by atoms with E-state index < -0.39 is 18.2 Å².